The van der Waals surface area contributed by atoms with Crippen molar-refractivity contribution in [3.05, 3.63) is 28.7 Å². The number of nitrogens with one attached hydrogen (secondary N) is 1. The number of urea groups is 1. The normalized spacial score (nSPS) is 16.4. The number of anilines is 1. The van der Waals surface area contributed by atoms with E-state index >= 15 is 0 Å². The van der Waals surface area contributed by atoms with Crippen LogP contribution in [0.1, 0.15) is 6.42 Å². The summed E-state index contributed by atoms with van der Waals surface area (Å²) >= 11 is 3.36. The van der Waals surface area contributed by atoms with Gasteiger partial charge in [0.2, 0.25) is 0 Å². The number of hydrogen-bond donors (Lipinski definition) is 1. The van der Waals surface area contributed by atoms with Crippen LogP contribution < -0.4 is 10.6 Å². The van der Waals surface area contributed by atoms with Crippen LogP contribution in [0.2, 0.25) is 0 Å². The number of nitrogens with zero attached hydrogens (tertiary/aromatic N) is 2. The van der Waals surface area contributed by atoms with E-state index in [0.717, 1.165) is 36.2 Å². The number of benzene rings is 1. The van der Waals surface area contributed by atoms with Gasteiger partial charge in [0, 0.05) is 36.3 Å². The third-order valence-electron chi connectivity index (χ3n) is 2.65. The maximum absolute atomic E-state index is 12.0. The van der Waals surface area contributed by atoms with Crippen molar-refractivity contribution in [1.29, 1.82) is 0 Å². The van der Waals surface area contributed by atoms with Gasteiger partial charge in [-0.25, -0.2) is 10.1 Å². The molecular formula is C12H15BrN3O. The van der Waals surface area contributed by atoms with Crippen LogP contribution in [0.25, 0.3) is 0 Å². The van der Waals surface area contributed by atoms with Crippen molar-refractivity contribution in [2.75, 3.05) is 31.5 Å². The molecule has 1 aromatic rings. The van der Waals surface area contributed by atoms with Gasteiger partial charge in [-0.3, -0.25) is 0 Å². The van der Waals surface area contributed by atoms with Crippen molar-refractivity contribution < 1.29 is 4.79 Å². The Labute approximate surface area is 110 Å². The van der Waals surface area contributed by atoms with E-state index in [9.17, 15) is 4.79 Å². The molecule has 4 nitrogen and oxygen atoms in total. The molecule has 17 heavy (non-hydrogen) atoms. The lowest BCUT2D eigenvalue weighted by atomic mass is 10.3. The Hall–Kier alpha value is -1.07. The Balaban J connectivity index is 1.93. The number of amides is 2. The van der Waals surface area contributed by atoms with Gasteiger partial charge in [-0.1, -0.05) is 15.9 Å². The van der Waals surface area contributed by atoms with Crippen molar-refractivity contribution in [3.63, 3.8) is 0 Å². The van der Waals surface area contributed by atoms with Crippen LogP contribution in [-0.2, 0) is 0 Å². The predicted octanol–water partition coefficient (Wildman–Crippen LogP) is 2.29. The fourth-order valence-electron chi connectivity index (χ4n) is 1.73. The summed E-state index contributed by atoms with van der Waals surface area (Å²) in [5.74, 6) is 0. The quantitative estimate of drug-likeness (QED) is 0.849. The zero-order valence-corrected chi connectivity index (χ0v) is 11.1. The van der Waals surface area contributed by atoms with Gasteiger partial charge in [0.15, 0.2) is 0 Å². The molecule has 1 aromatic carbocycles. The summed E-state index contributed by atoms with van der Waals surface area (Å²) in [6.45, 7) is 3.10. The summed E-state index contributed by atoms with van der Waals surface area (Å²) in [5.41, 5.74) is 0.819. The minimum Gasteiger partial charge on any atom is -0.323 e. The SMILES string of the molecule is O=C(Nc1ccc(Br)cc1)N1CCC[N]CC1. The molecule has 1 aliphatic heterocycles. The van der Waals surface area contributed by atoms with Crippen LogP contribution in [0.5, 0.6) is 0 Å². The number of rotatable bonds is 1. The van der Waals surface area contributed by atoms with Crippen molar-refractivity contribution >= 4 is 27.6 Å². The molecule has 0 bridgehead atoms. The largest absolute Gasteiger partial charge is 0.323 e. The molecule has 1 heterocycles. The topological polar surface area (TPSA) is 46.4 Å². The summed E-state index contributed by atoms with van der Waals surface area (Å²) in [6, 6.07) is 7.54. The highest BCUT2D eigenvalue weighted by atomic mass is 79.9. The molecule has 2 rings (SSSR count). The molecule has 2 amide bonds. The van der Waals surface area contributed by atoms with Crippen LogP contribution >= 0.6 is 15.9 Å². The van der Waals surface area contributed by atoms with Crippen LogP contribution in [0, 0.1) is 0 Å². The van der Waals surface area contributed by atoms with Gasteiger partial charge in [0.05, 0.1) is 0 Å². The molecule has 91 valence electrons. The average molecular weight is 297 g/mol. The van der Waals surface area contributed by atoms with Gasteiger partial charge in [0.25, 0.3) is 0 Å². The van der Waals surface area contributed by atoms with E-state index in [0.29, 0.717) is 6.54 Å². The van der Waals surface area contributed by atoms with Crippen LogP contribution in [-0.4, -0.2) is 37.1 Å². The zero-order chi connectivity index (χ0) is 12.1. The second kappa shape index (κ2) is 6.02. The standard InChI is InChI=1S/C12H15BrN3O/c13-10-2-4-11(5-3-10)15-12(17)16-8-1-6-14-7-9-16/h2-5H,1,6-9H2,(H,15,17). The highest BCUT2D eigenvalue weighted by molar-refractivity contribution is 9.10. The Morgan fingerprint density at radius 2 is 2.00 bits per heavy atom. The zero-order valence-electron chi connectivity index (χ0n) is 9.53. The highest BCUT2D eigenvalue weighted by Crippen LogP contribution is 2.14. The van der Waals surface area contributed by atoms with E-state index in [1.165, 1.54) is 0 Å². The Kier molecular flexibility index (Phi) is 4.39. The van der Waals surface area contributed by atoms with Gasteiger partial charge >= 0.3 is 6.03 Å². The lowest BCUT2D eigenvalue weighted by Gasteiger charge is -2.20. The van der Waals surface area contributed by atoms with Gasteiger partial charge < -0.3 is 10.2 Å². The van der Waals surface area contributed by atoms with Crippen LogP contribution in [0.3, 0.4) is 0 Å². The summed E-state index contributed by atoms with van der Waals surface area (Å²) in [4.78, 5) is 13.8. The fourth-order valence-corrected chi connectivity index (χ4v) is 1.99. The van der Waals surface area contributed by atoms with Crippen molar-refractivity contribution in [1.82, 2.24) is 10.2 Å². The van der Waals surface area contributed by atoms with E-state index < -0.39 is 0 Å². The predicted molar refractivity (Wildman–Crippen MR) is 71.2 cm³/mol. The molecule has 0 spiro atoms. The van der Waals surface area contributed by atoms with E-state index in [2.05, 4.69) is 26.6 Å². The smallest absolute Gasteiger partial charge is 0.321 e. The Morgan fingerprint density at radius 1 is 1.24 bits per heavy atom. The third-order valence-corrected chi connectivity index (χ3v) is 3.18. The van der Waals surface area contributed by atoms with Gasteiger partial charge in [-0.2, -0.15) is 0 Å². The fraction of sp³-hybridized carbons (Fsp3) is 0.417. The molecule has 1 saturated heterocycles. The lowest BCUT2D eigenvalue weighted by Crippen LogP contribution is -2.37. The first-order chi connectivity index (χ1) is 8.25. The molecule has 0 aromatic heterocycles. The maximum atomic E-state index is 12.0. The first-order valence-corrected chi connectivity index (χ1v) is 6.50. The number of halogens is 1. The van der Waals surface area contributed by atoms with Gasteiger partial charge in [0.1, 0.15) is 0 Å². The first-order valence-electron chi connectivity index (χ1n) is 5.70. The monoisotopic (exact) mass is 296 g/mol. The molecule has 0 saturated carbocycles. The summed E-state index contributed by atoms with van der Waals surface area (Å²) in [6.07, 6.45) is 0.952. The molecule has 0 atom stereocenters. The number of carbonyl (C=O) groups is 1. The minimum atomic E-state index is -0.0376. The van der Waals surface area contributed by atoms with Crippen molar-refractivity contribution in [3.8, 4) is 0 Å². The van der Waals surface area contributed by atoms with Crippen LogP contribution in [0.4, 0.5) is 10.5 Å². The Morgan fingerprint density at radius 3 is 2.76 bits per heavy atom. The van der Waals surface area contributed by atoms with Crippen molar-refractivity contribution in [2.45, 2.75) is 6.42 Å². The second-order valence-electron chi connectivity index (χ2n) is 3.95. The van der Waals surface area contributed by atoms with Crippen molar-refractivity contribution in [2.24, 2.45) is 0 Å². The second-order valence-corrected chi connectivity index (χ2v) is 4.86. The van der Waals surface area contributed by atoms with E-state index in [-0.39, 0.29) is 6.03 Å². The molecule has 5 heteroatoms. The Bertz CT molecular complexity index is 372. The molecule has 1 aliphatic rings. The molecule has 0 aliphatic carbocycles. The number of hydrogen-bond acceptors (Lipinski definition) is 1. The van der Waals surface area contributed by atoms with E-state index in [4.69, 9.17) is 0 Å². The van der Waals surface area contributed by atoms with E-state index in [1.54, 1.807) is 0 Å². The average Bonchev–Trinajstić information content (AvgIpc) is 2.61. The molecule has 1 fully saturated rings. The highest BCUT2D eigenvalue weighted by Gasteiger charge is 2.15. The lowest BCUT2D eigenvalue weighted by molar-refractivity contribution is 0.215. The van der Waals surface area contributed by atoms with Crippen LogP contribution in [0.15, 0.2) is 28.7 Å². The molecule has 1 radical (unpaired) electrons. The first kappa shape index (κ1) is 12.4. The maximum Gasteiger partial charge on any atom is 0.321 e. The van der Waals surface area contributed by atoms with Gasteiger partial charge in [-0.15, -0.1) is 0 Å². The van der Waals surface area contributed by atoms with E-state index in [1.807, 2.05) is 29.2 Å². The summed E-state index contributed by atoms with van der Waals surface area (Å²) < 4.78 is 1.00. The molecular weight excluding hydrogens is 282 g/mol. The number of carbonyl (C=O) groups excluding carboxylic acids is 1. The van der Waals surface area contributed by atoms with Gasteiger partial charge in [-0.05, 0) is 30.7 Å². The summed E-state index contributed by atoms with van der Waals surface area (Å²) in [7, 11) is 0. The minimum absolute atomic E-state index is 0.0376. The summed E-state index contributed by atoms with van der Waals surface area (Å²) in [5, 5.41) is 7.19. The molecule has 1 N–H and O–H groups in total. The molecule has 0 unspecified atom stereocenters. The third kappa shape index (κ3) is 3.71.